The van der Waals surface area contributed by atoms with Gasteiger partial charge in [0.15, 0.2) is 24.1 Å². The number of rotatable bonds is 4. The lowest BCUT2D eigenvalue weighted by Gasteiger charge is -2.09. The van der Waals surface area contributed by atoms with Crippen molar-refractivity contribution in [2.24, 2.45) is 0 Å². The molecule has 9 heteroatoms. The summed E-state index contributed by atoms with van der Waals surface area (Å²) in [5.74, 6) is -6.35. The van der Waals surface area contributed by atoms with Crippen LogP contribution in [0.3, 0.4) is 0 Å². The molecule has 144 valence electrons. The Kier molecular flexibility index (Phi) is 5.25. The van der Waals surface area contributed by atoms with Crippen molar-refractivity contribution >= 4 is 28.6 Å². The van der Waals surface area contributed by atoms with Gasteiger partial charge in [-0.15, -0.1) is 0 Å². The minimum atomic E-state index is -1.71. The maximum atomic E-state index is 13.5. The minimum Gasteiger partial charge on any atom is -0.452 e. The minimum absolute atomic E-state index is 0.150. The van der Waals surface area contributed by atoms with E-state index in [2.05, 4.69) is 9.97 Å². The molecular formula is C19H14F3N3O3. The van der Waals surface area contributed by atoms with Crippen molar-refractivity contribution in [2.75, 3.05) is 11.9 Å². The average Bonchev–Trinajstić information content (AvgIpc) is 2.67. The number of ether oxygens (including phenoxy) is 1. The highest BCUT2D eigenvalue weighted by Gasteiger charge is 2.17. The number of aromatic nitrogens is 2. The zero-order chi connectivity index (χ0) is 20.4. The lowest BCUT2D eigenvalue weighted by molar-refractivity contribution is -0.119. The van der Waals surface area contributed by atoms with Crippen molar-refractivity contribution in [3.63, 3.8) is 0 Å². The van der Waals surface area contributed by atoms with Crippen molar-refractivity contribution < 1.29 is 27.5 Å². The van der Waals surface area contributed by atoms with E-state index >= 15 is 0 Å². The Bertz CT molecular complexity index is 1100. The van der Waals surface area contributed by atoms with Gasteiger partial charge < -0.3 is 10.1 Å². The van der Waals surface area contributed by atoms with E-state index < -0.39 is 41.6 Å². The predicted molar refractivity (Wildman–Crippen MR) is 94.2 cm³/mol. The molecule has 0 aliphatic carbocycles. The molecule has 0 saturated carbocycles. The number of nitrogens with zero attached hydrogens (tertiary/aromatic N) is 2. The molecule has 2 aromatic carbocycles. The zero-order valence-electron chi connectivity index (χ0n) is 14.8. The van der Waals surface area contributed by atoms with E-state index in [4.69, 9.17) is 4.74 Å². The second kappa shape index (κ2) is 7.63. The van der Waals surface area contributed by atoms with Gasteiger partial charge in [0.25, 0.3) is 5.91 Å². The van der Waals surface area contributed by atoms with Gasteiger partial charge >= 0.3 is 5.97 Å². The Morgan fingerprint density at radius 2 is 1.64 bits per heavy atom. The highest BCUT2D eigenvalue weighted by molar-refractivity contribution is 5.97. The number of aryl methyl sites for hydroxylation is 2. The number of benzene rings is 2. The van der Waals surface area contributed by atoms with Crippen LogP contribution in [0.4, 0.5) is 18.9 Å². The number of nitrogens with one attached hydrogen (secondary N) is 1. The van der Waals surface area contributed by atoms with Gasteiger partial charge in [0, 0.05) is 0 Å². The highest BCUT2D eigenvalue weighted by Crippen LogP contribution is 2.19. The van der Waals surface area contributed by atoms with Crippen molar-refractivity contribution in [2.45, 2.75) is 13.8 Å². The van der Waals surface area contributed by atoms with Gasteiger partial charge in [-0.2, -0.15) is 0 Å². The molecule has 28 heavy (non-hydrogen) atoms. The van der Waals surface area contributed by atoms with Gasteiger partial charge in [0.2, 0.25) is 0 Å². The Balaban J connectivity index is 1.67. The molecule has 0 fully saturated rings. The number of anilines is 1. The lowest BCUT2D eigenvalue weighted by atomic mass is 10.2. The van der Waals surface area contributed by atoms with Crippen LogP contribution in [-0.4, -0.2) is 28.5 Å². The first-order chi connectivity index (χ1) is 13.3. The number of hydrogen-bond donors (Lipinski definition) is 1. The molecule has 0 aliphatic rings. The smallest absolute Gasteiger partial charge is 0.338 e. The van der Waals surface area contributed by atoms with Crippen LogP contribution in [-0.2, 0) is 9.53 Å². The fourth-order valence-corrected chi connectivity index (χ4v) is 2.38. The summed E-state index contributed by atoms with van der Waals surface area (Å²) >= 11 is 0. The maximum absolute atomic E-state index is 13.5. The SMILES string of the molecule is Cc1nc2ccc(C(=O)OCC(=O)Nc3ccc(F)c(F)c3F)cc2nc1C. The van der Waals surface area contributed by atoms with Gasteiger partial charge in [-0.1, -0.05) is 0 Å². The molecular weight excluding hydrogens is 375 g/mol. The molecule has 3 rings (SSSR count). The van der Waals surface area contributed by atoms with Crippen LogP contribution < -0.4 is 5.32 Å². The fraction of sp³-hybridized carbons (Fsp3) is 0.158. The number of carbonyl (C=O) groups excluding carboxylic acids is 2. The molecule has 3 aromatic rings. The van der Waals surface area contributed by atoms with Crippen molar-refractivity contribution in [3.05, 3.63) is 64.7 Å². The summed E-state index contributed by atoms with van der Waals surface area (Å²) in [4.78, 5) is 32.6. The summed E-state index contributed by atoms with van der Waals surface area (Å²) in [6.07, 6.45) is 0. The number of fused-ring (bicyclic) bond motifs is 1. The van der Waals surface area contributed by atoms with Crippen LogP contribution in [0.5, 0.6) is 0 Å². The zero-order valence-corrected chi connectivity index (χ0v) is 14.8. The molecule has 1 amide bonds. The first-order valence-corrected chi connectivity index (χ1v) is 8.11. The van der Waals surface area contributed by atoms with E-state index in [0.717, 1.165) is 11.8 Å². The van der Waals surface area contributed by atoms with E-state index in [1.165, 1.54) is 12.1 Å². The van der Waals surface area contributed by atoms with Crippen molar-refractivity contribution in [1.82, 2.24) is 9.97 Å². The van der Waals surface area contributed by atoms with Crippen LogP contribution in [0.1, 0.15) is 21.7 Å². The highest BCUT2D eigenvalue weighted by atomic mass is 19.2. The molecule has 6 nitrogen and oxygen atoms in total. The molecule has 0 atom stereocenters. The molecule has 0 spiro atoms. The van der Waals surface area contributed by atoms with Crippen LogP contribution in [0.15, 0.2) is 30.3 Å². The second-order valence-electron chi connectivity index (χ2n) is 5.95. The third kappa shape index (κ3) is 3.93. The third-order valence-corrected chi connectivity index (χ3v) is 3.95. The average molecular weight is 389 g/mol. The first-order valence-electron chi connectivity index (χ1n) is 8.11. The standard InChI is InChI=1S/C19H14F3N3O3/c1-9-10(2)24-15-7-11(3-5-13(15)23-9)19(27)28-8-16(26)25-14-6-4-12(20)17(21)18(14)22/h3-7H,8H2,1-2H3,(H,25,26). The summed E-state index contributed by atoms with van der Waals surface area (Å²) in [5.41, 5.74) is 2.16. The largest absolute Gasteiger partial charge is 0.452 e. The van der Waals surface area contributed by atoms with Crippen molar-refractivity contribution in [1.29, 1.82) is 0 Å². The van der Waals surface area contributed by atoms with E-state index in [-0.39, 0.29) is 5.56 Å². The van der Waals surface area contributed by atoms with Crippen LogP contribution in [0.2, 0.25) is 0 Å². The van der Waals surface area contributed by atoms with Gasteiger partial charge in [0.1, 0.15) is 0 Å². The molecule has 0 bridgehead atoms. The molecule has 1 N–H and O–H groups in total. The van der Waals surface area contributed by atoms with Gasteiger partial charge in [0.05, 0.1) is 33.7 Å². The summed E-state index contributed by atoms with van der Waals surface area (Å²) in [6.45, 7) is 2.86. The Labute approximate surface area is 157 Å². The van der Waals surface area contributed by atoms with Crippen molar-refractivity contribution in [3.8, 4) is 0 Å². The van der Waals surface area contributed by atoms with Crippen LogP contribution in [0, 0.1) is 31.3 Å². The fourth-order valence-electron chi connectivity index (χ4n) is 2.38. The van der Waals surface area contributed by atoms with E-state index in [1.807, 2.05) is 12.2 Å². The summed E-state index contributed by atoms with van der Waals surface area (Å²) in [5, 5.41) is 2.01. The molecule has 1 heterocycles. The Hall–Kier alpha value is -3.49. The Morgan fingerprint density at radius 3 is 2.36 bits per heavy atom. The maximum Gasteiger partial charge on any atom is 0.338 e. The van der Waals surface area contributed by atoms with Gasteiger partial charge in [-0.25, -0.2) is 27.9 Å². The van der Waals surface area contributed by atoms with Gasteiger partial charge in [-0.05, 0) is 44.2 Å². The first kappa shape index (κ1) is 19.3. The Morgan fingerprint density at radius 1 is 0.964 bits per heavy atom. The van der Waals surface area contributed by atoms with E-state index in [1.54, 1.807) is 13.0 Å². The van der Waals surface area contributed by atoms with E-state index in [9.17, 15) is 22.8 Å². The van der Waals surface area contributed by atoms with Gasteiger partial charge in [-0.3, -0.25) is 4.79 Å². The molecule has 0 radical (unpaired) electrons. The topological polar surface area (TPSA) is 81.2 Å². The second-order valence-corrected chi connectivity index (χ2v) is 5.95. The van der Waals surface area contributed by atoms with Crippen LogP contribution in [0.25, 0.3) is 11.0 Å². The lowest BCUT2D eigenvalue weighted by Crippen LogP contribution is -2.21. The number of hydrogen-bond acceptors (Lipinski definition) is 5. The normalized spacial score (nSPS) is 10.8. The number of esters is 1. The monoisotopic (exact) mass is 389 g/mol. The number of halogens is 3. The molecule has 0 unspecified atom stereocenters. The summed E-state index contributed by atoms with van der Waals surface area (Å²) < 4.78 is 44.5. The predicted octanol–water partition coefficient (Wildman–Crippen LogP) is 3.46. The van der Waals surface area contributed by atoms with E-state index in [0.29, 0.717) is 22.8 Å². The molecule has 0 saturated heterocycles. The quantitative estimate of drug-likeness (QED) is 0.546. The number of carbonyl (C=O) groups is 2. The van der Waals surface area contributed by atoms with Crippen LogP contribution >= 0.6 is 0 Å². The third-order valence-electron chi connectivity index (χ3n) is 3.95. The number of amides is 1. The molecule has 0 aliphatic heterocycles. The summed E-state index contributed by atoms with van der Waals surface area (Å²) in [6, 6.07) is 6.08. The molecule has 1 aromatic heterocycles. The summed E-state index contributed by atoms with van der Waals surface area (Å²) in [7, 11) is 0.